The van der Waals surface area contributed by atoms with Crippen LogP contribution in [-0.2, 0) is 22.9 Å². The molecule has 0 aromatic carbocycles. The second kappa shape index (κ2) is 5.40. The van der Waals surface area contributed by atoms with Gasteiger partial charge in [-0.15, -0.1) is 22.7 Å². The Morgan fingerprint density at radius 3 is 2.70 bits per heavy atom. The minimum absolute atomic E-state index is 0.322. The van der Waals surface area contributed by atoms with E-state index in [-0.39, 0.29) is 0 Å². The lowest BCUT2D eigenvalue weighted by Gasteiger charge is -2.06. The number of nitrogens with one attached hydrogen (secondary N) is 1. The number of thiophene rings is 1. The smallest absolute Gasteiger partial charge is 0.255 e. The largest absolute Gasteiger partial charge is 0.264 e. The van der Waals surface area contributed by atoms with E-state index in [4.69, 9.17) is 0 Å². The Hall–Kier alpha value is -0.440. The standard InChI is InChI=1S/C12H13BrN2O2S3/c1-7-10(6-11(13)18-7)20(16,17)15-12-14-8-4-2-3-5-9(8)19-12/h6H,2-5H2,1H3,(H,14,15). The van der Waals surface area contributed by atoms with Crippen LogP contribution in [0.3, 0.4) is 0 Å². The summed E-state index contributed by atoms with van der Waals surface area (Å²) in [5, 5.41) is 0.485. The highest BCUT2D eigenvalue weighted by atomic mass is 79.9. The van der Waals surface area contributed by atoms with Crippen molar-refractivity contribution in [2.24, 2.45) is 0 Å². The van der Waals surface area contributed by atoms with Gasteiger partial charge in [0.15, 0.2) is 5.13 Å². The number of thiazole rings is 1. The lowest BCUT2D eigenvalue weighted by Crippen LogP contribution is -2.13. The Bertz CT molecular complexity index is 725. The molecule has 1 aliphatic rings. The van der Waals surface area contributed by atoms with E-state index in [9.17, 15) is 8.42 Å². The molecular formula is C12H13BrN2O2S3. The van der Waals surface area contributed by atoms with E-state index >= 15 is 0 Å². The Morgan fingerprint density at radius 1 is 1.30 bits per heavy atom. The molecule has 0 radical (unpaired) electrons. The minimum Gasteiger partial charge on any atom is -0.255 e. The number of aromatic nitrogens is 1. The third-order valence-electron chi connectivity index (χ3n) is 3.20. The van der Waals surface area contributed by atoms with Crippen LogP contribution >= 0.6 is 38.6 Å². The van der Waals surface area contributed by atoms with Gasteiger partial charge >= 0.3 is 0 Å². The fourth-order valence-corrected chi connectivity index (χ4v) is 6.96. The second-order valence-electron chi connectivity index (χ2n) is 4.67. The predicted octanol–water partition coefficient (Wildman–Crippen LogP) is 3.96. The summed E-state index contributed by atoms with van der Waals surface area (Å²) in [6, 6.07) is 1.63. The van der Waals surface area contributed by atoms with Crippen LogP contribution < -0.4 is 4.72 Å². The van der Waals surface area contributed by atoms with E-state index in [0.717, 1.165) is 40.0 Å². The number of hydrogen-bond donors (Lipinski definition) is 1. The molecular weight excluding hydrogens is 380 g/mol. The van der Waals surface area contributed by atoms with Gasteiger partial charge in [-0.2, -0.15) is 0 Å². The van der Waals surface area contributed by atoms with Crippen molar-refractivity contribution in [1.29, 1.82) is 0 Å². The zero-order chi connectivity index (χ0) is 14.3. The SMILES string of the molecule is Cc1sc(Br)cc1S(=O)(=O)Nc1nc2c(s1)CCCC2. The van der Waals surface area contributed by atoms with Crippen LogP contribution in [0.1, 0.15) is 28.3 Å². The van der Waals surface area contributed by atoms with E-state index in [0.29, 0.717) is 10.0 Å². The van der Waals surface area contributed by atoms with E-state index < -0.39 is 10.0 Å². The Morgan fingerprint density at radius 2 is 2.05 bits per heavy atom. The average Bonchev–Trinajstić information content (AvgIpc) is 2.91. The number of sulfonamides is 1. The van der Waals surface area contributed by atoms with Crippen LogP contribution in [-0.4, -0.2) is 13.4 Å². The number of anilines is 1. The van der Waals surface area contributed by atoms with Crippen molar-refractivity contribution in [1.82, 2.24) is 4.98 Å². The van der Waals surface area contributed by atoms with Gasteiger partial charge in [-0.1, -0.05) is 0 Å². The fourth-order valence-electron chi connectivity index (χ4n) is 2.26. The van der Waals surface area contributed by atoms with Crippen molar-refractivity contribution >= 4 is 53.8 Å². The van der Waals surface area contributed by atoms with Crippen LogP contribution in [0.25, 0.3) is 0 Å². The number of halogens is 1. The van der Waals surface area contributed by atoms with E-state index in [1.54, 1.807) is 13.0 Å². The number of rotatable bonds is 3. The van der Waals surface area contributed by atoms with Gasteiger partial charge in [0.2, 0.25) is 0 Å². The molecule has 0 aliphatic heterocycles. The third-order valence-corrected chi connectivity index (χ3v) is 7.55. The van der Waals surface area contributed by atoms with Gasteiger partial charge in [-0.05, 0) is 54.6 Å². The molecule has 0 atom stereocenters. The van der Waals surface area contributed by atoms with Crippen LogP contribution in [0.2, 0.25) is 0 Å². The summed E-state index contributed by atoms with van der Waals surface area (Å²) in [4.78, 5) is 6.73. The molecule has 2 aromatic heterocycles. The summed E-state index contributed by atoms with van der Waals surface area (Å²) in [5.74, 6) is 0. The molecule has 8 heteroatoms. The fraction of sp³-hybridized carbons (Fsp3) is 0.417. The van der Waals surface area contributed by atoms with E-state index in [1.807, 2.05) is 0 Å². The number of fused-ring (bicyclic) bond motifs is 1. The molecule has 2 heterocycles. The maximum Gasteiger partial charge on any atom is 0.264 e. The van der Waals surface area contributed by atoms with E-state index in [1.165, 1.54) is 27.6 Å². The van der Waals surface area contributed by atoms with Crippen molar-refractivity contribution in [3.8, 4) is 0 Å². The molecule has 1 N–H and O–H groups in total. The van der Waals surface area contributed by atoms with E-state index in [2.05, 4.69) is 25.6 Å². The molecule has 0 saturated heterocycles. The summed E-state index contributed by atoms with van der Waals surface area (Å²) in [5.41, 5.74) is 1.06. The van der Waals surface area contributed by atoms with Crippen LogP contribution in [0.5, 0.6) is 0 Å². The van der Waals surface area contributed by atoms with Crippen LogP contribution in [0, 0.1) is 6.92 Å². The van der Waals surface area contributed by atoms with Crippen molar-refractivity contribution < 1.29 is 8.42 Å². The molecule has 0 amide bonds. The molecule has 0 spiro atoms. The first-order chi connectivity index (χ1) is 9.45. The molecule has 0 saturated carbocycles. The maximum atomic E-state index is 12.4. The molecule has 0 fully saturated rings. The lowest BCUT2D eigenvalue weighted by atomic mass is 10.0. The maximum absolute atomic E-state index is 12.4. The molecule has 2 aromatic rings. The van der Waals surface area contributed by atoms with Crippen molar-refractivity contribution in [3.63, 3.8) is 0 Å². The Kier molecular flexibility index (Phi) is 3.91. The number of hydrogen-bond acceptors (Lipinski definition) is 5. The first-order valence-electron chi connectivity index (χ1n) is 6.23. The zero-order valence-corrected chi connectivity index (χ0v) is 14.8. The highest BCUT2D eigenvalue weighted by Gasteiger charge is 2.23. The van der Waals surface area contributed by atoms with Crippen LogP contribution in [0.15, 0.2) is 14.7 Å². The molecule has 0 bridgehead atoms. The van der Waals surface area contributed by atoms with Gasteiger partial charge in [0.25, 0.3) is 10.0 Å². The number of nitrogens with zero attached hydrogens (tertiary/aromatic N) is 1. The molecule has 1 aliphatic carbocycles. The minimum atomic E-state index is -3.54. The topological polar surface area (TPSA) is 59.1 Å². The lowest BCUT2D eigenvalue weighted by molar-refractivity contribution is 0.601. The van der Waals surface area contributed by atoms with Crippen molar-refractivity contribution in [3.05, 3.63) is 25.3 Å². The Labute approximate surface area is 134 Å². The highest BCUT2D eigenvalue weighted by Crippen LogP contribution is 2.33. The quantitative estimate of drug-likeness (QED) is 0.859. The first-order valence-corrected chi connectivity index (χ1v) is 10.1. The molecule has 108 valence electrons. The molecule has 3 rings (SSSR count). The summed E-state index contributed by atoms with van der Waals surface area (Å²) in [7, 11) is -3.54. The normalized spacial score (nSPS) is 15.1. The summed E-state index contributed by atoms with van der Waals surface area (Å²) < 4.78 is 28.2. The van der Waals surface area contributed by atoms with Gasteiger partial charge in [0.05, 0.1) is 9.48 Å². The first kappa shape index (κ1) is 14.5. The van der Waals surface area contributed by atoms with Crippen molar-refractivity contribution in [2.45, 2.75) is 37.5 Å². The monoisotopic (exact) mass is 392 g/mol. The second-order valence-corrected chi connectivity index (χ2v) is 10.0. The van der Waals surface area contributed by atoms with Gasteiger partial charge < -0.3 is 0 Å². The van der Waals surface area contributed by atoms with Gasteiger partial charge in [0.1, 0.15) is 4.90 Å². The third kappa shape index (κ3) is 2.79. The molecule has 20 heavy (non-hydrogen) atoms. The van der Waals surface area contributed by atoms with Crippen molar-refractivity contribution in [2.75, 3.05) is 4.72 Å². The predicted molar refractivity (Wildman–Crippen MR) is 86.3 cm³/mol. The van der Waals surface area contributed by atoms with Gasteiger partial charge in [-0.25, -0.2) is 13.4 Å². The summed E-state index contributed by atoms with van der Waals surface area (Å²) >= 11 is 6.19. The molecule has 0 unspecified atom stereocenters. The molecule has 4 nitrogen and oxygen atoms in total. The van der Waals surface area contributed by atoms with Gasteiger partial charge in [0, 0.05) is 9.75 Å². The number of aryl methyl sites for hydroxylation is 3. The zero-order valence-electron chi connectivity index (χ0n) is 10.8. The highest BCUT2D eigenvalue weighted by molar-refractivity contribution is 9.11. The van der Waals surface area contributed by atoms with Crippen LogP contribution in [0.4, 0.5) is 5.13 Å². The van der Waals surface area contributed by atoms with Gasteiger partial charge in [-0.3, -0.25) is 4.72 Å². The summed E-state index contributed by atoms with van der Waals surface area (Å²) in [6.45, 7) is 1.80. The average molecular weight is 393 g/mol. The Balaban J connectivity index is 1.90. The summed E-state index contributed by atoms with van der Waals surface area (Å²) in [6.07, 6.45) is 4.27.